The number of aliphatic imine (C=N–C) groups is 1. The molecule has 0 amide bonds. The maximum absolute atomic E-state index is 5.34. The number of ether oxygens (including phenoxy) is 1. The van der Waals surface area contributed by atoms with Gasteiger partial charge in [0, 0.05) is 47.1 Å². The van der Waals surface area contributed by atoms with Gasteiger partial charge < -0.3 is 20.3 Å². The Bertz CT molecular complexity index is 567. The van der Waals surface area contributed by atoms with Gasteiger partial charge in [0.05, 0.1) is 6.54 Å². The second-order valence-corrected chi connectivity index (χ2v) is 7.42. The molecule has 1 heterocycles. The van der Waals surface area contributed by atoms with Crippen LogP contribution in [-0.2, 0) is 11.3 Å². The molecule has 6 heteroatoms. The van der Waals surface area contributed by atoms with E-state index in [1.807, 2.05) is 31.3 Å². The van der Waals surface area contributed by atoms with Crippen molar-refractivity contribution in [3.8, 4) is 0 Å². The number of methoxy groups -OCH3 is 1. The summed E-state index contributed by atoms with van der Waals surface area (Å²) in [5.74, 6) is 1.85. The molecule has 0 saturated heterocycles. The van der Waals surface area contributed by atoms with Crippen LogP contribution in [0.3, 0.4) is 0 Å². The van der Waals surface area contributed by atoms with Crippen molar-refractivity contribution in [3.05, 3.63) is 23.9 Å². The Morgan fingerprint density at radius 2 is 2.08 bits per heavy atom. The van der Waals surface area contributed by atoms with Gasteiger partial charge in [0.1, 0.15) is 5.82 Å². The lowest BCUT2D eigenvalue weighted by Gasteiger charge is -2.30. The molecule has 6 nitrogen and oxygen atoms in total. The summed E-state index contributed by atoms with van der Waals surface area (Å²) >= 11 is 0. The SMILES string of the molecule is CCNC(=NCc1ccnc(N(C)C)c1)NCC1(CCOC)CCCC1. The van der Waals surface area contributed by atoms with Crippen LogP contribution in [-0.4, -0.2) is 51.8 Å². The second-order valence-electron chi connectivity index (χ2n) is 7.42. The lowest BCUT2D eigenvalue weighted by Crippen LogP contribution is -2.43. The first-order chi connectivity index (χ1) is 12.6. The lowest BCUT2D eigenvalue weighted by atomic mass is 9.83. The number of anilines is 1. The maximum Gasteiger partial charge on any atom is 0.191 e. The van der Waals surface area contributed by atoms with Crippen LogP contribution in [0.2, 0.25) is 0 Å². The van der Waals surface area contributed by atoms with Crippen molar-refractivity contribution >= 4 is 11.8 Å². The van der Waals surface area contributed by atoms with Crippen LogP contribution in [0.5, 0.6) is 0 Å². The molecule has 1 fully saturated rings. The molecule has 26 heavy (non-hydrogen) atoms. The normalized spacial score (nSPS) is 16.5. The predicted molar refractivity (Wildman–Crippen MR) is 109 cm³/mol. The van der Waals surface area contributed by atoms with Crippen molar-refractivity contribution in [2.75, 3.05) is 45.8 Å². The standard InChI is InChI=1S/C20H35N5O/c1-5-21-19(23-15-17-8-12-22-18(14-17)25(2)3)24-16-20(11-13-26-4)9-6-7-10-20/h8,12,14H,5-7,9-11,13,15-16H2,1-4H3,(H2,21,23,24). The fourth-order valence-electron chi connectivity index (χ4n) is 3.55. The van der Waals surface area contributed by atoms with E-state index in [4.69, 9.17) is 9.73 Å². The molecule has 0 bridgehead atoms. The number of nitrogens with one attached hydrogen (secondary N) is 2. The molecule has 0 aliphatic heterocycles. The van der Waals surface area contributed by atoms with Crippen LogP contribution in [0, 0.1) is 5.41 Å². The zero-order chi connectivity index (χ0) is 18.8. The van der Waals surface area contributed by atoms with Crippen molar-refractivity contribution in [1.29, 1.82) is 0 Å². The van der Waals surface area contributed by atoms with E-state index in [-0.39, 0.29) is 0 Å². The summed E-state index contributed by atoms with van der Waals surface area (Å²) in [6.45, 7) is 5.39. The first-order valence-electron chi connectivity index (χ1n) is 9.72. The number of guanidine groups is 1. The van der Waals surface area contributed by atoms with Gasteiger partial charge in [-0.2, -0.15) is 0 Å². The Kier molecular flexibility index (Phi) is 8.16. The molecule has 2 N–H and O–H groups in total. The Morgan fingerprint density at radius 1 is 1.31 bits per heavy atom. The highest BCUT2D eigenvalue weighted by molar-refractivity contribution is 5.79. The van der Waals surface area contributed by atoms with Crippen molar-refractivity contribution in [2.24, 2.45) is 10.4 Å². The smallest absolute Gasteiger partial charge is 0.191 e. The third-order valence-corrected chi connectivity index (χ3v) is 5.16. The number of rotatable bonds is 9. The molecule has 2 rings (SSSR count). The predicted octanol–water partition coefficient (Wildman–Crippen LogP) is 2.80. The average molecular weight is 362 g/mol. The summed E-state index contributed by atoms with van der Waals surface area (Å²) in [7, 11) is 5.79. The summed E-state index contributed by atoms with van der Waals surface area (Å²) in [6, 6.07) is 4.11. The quantitative estimate of drug-likeness (QED) is 0.523. The van der Waals surface area contributed by atoms with E-state index in [1.165, 1.54) is 25.7 Å². The van der Waals surface area contributed by atoms with E-state index in [9.17, 15) is 0 Å². The highest BCUT2D eigenvalue weighted by atomic mass is 16.5. The molecule has 0 radical (unpaired) electrons. The zero-order valence-electron chi connectivity index (χ0n) is 16.8. The van der Waals surface area contributed by atoms with Crippen molar-refractivity contribution < 1.29 is 4.74 Å². The first-order valence-corrected chi connectivity index (χ1v) is 9.72. The number of hydrogen-bond acceptors (Lipinski definition) is 4. The first kappa shape index (κ1) is 20.5. The van der Waals surface area contributed by atoms with E-state index >= 15 is 0 Å². The van der Waals surface area contributed by atoms with E-state index in [1.54, 1.807) is 7.11 Å². The summed E-state index contributed by atoms with van der Waals surface area (Å²) in [6.07, 6.45) is 8.16. The van der Waals surface area contributed by atoms with E-state index in [0.29, 0.717) is 12.0 Å². The third kappa shape index (κ3) is 6.16. The number of aromatic nitrogens is 1. The van der Waals surface area contributed by atoms with Crippen LogP contribution < -0.4 is 15.5 Å². The van der Waals surface area contributed by atoms with Gasteiger partial charge in [-0.05, 0) is 49.3 Å². The monoisotopic (exact) mass is 361 g/mol. The highest BCUT2D eigenvalue weighted by Gasteiger charge is 2.33. The largest absolute Gasteiger partial charge is 0.385 e. The number of nitrogens with zero attached hydrogens (tertiary/aromatic N) is 3. The third-order valence-electron chi connectivity index (χ3n) is 5.16. The number of hydrogen-bond donors (Lipinski definition) is 2. The van der Waals surface area contributed by atoms with E-state index < -0.39 is 0 Å². The Balaban J connectivity index is 1.98. The van der Waals surface area contributed by atoms with Crippen LogP contribution >= 0.6 is 0 Å². The van der Waals surface area contributed by atoms with Crippen LogP contribution in [0.4, 0.5) is 5.82 Å². The Labute approximate surface area is 158 Å². The molecule has 0 spiro atoms. The van der Waals surface area contributed by atoms with Gasteiger partial charge in [-0.3, -0.25) is 0 Å². The van der Waals surface area contributed by atoms with Crippen molar-refractivity contribution in [1.82, 2.24) is 15.6 Å². The molecule has 0 atom stereocenters. The summed E-state index contributed by atoms with van der Waals surface area (Å²) in [5, 5.41) is 6.95. The molecule has 1 aromatic rings. The molecule has 1 aliphatic rings. The van der Waals surface area contributed by atoms with Gasteiger partial charge in [-0.1, -0.05) is 12.8 Å². The minimum atomic E-state index is 0.348. The molecule has 0 unspecified atom stereocenters. The molecular formula is C20H35N5O. The zero-order valence-corrected chi connectivity index (χ0v) is 16.8. The summed E-state index contributed by atoms with van der Waals surface area (Å²) in [5.41, 5.74) is 1.51. The van der Waals surface area contributed by atoms with Gasteiger partial charge in [0.15, 0.2) is 5.96 Å². The van der Waals surface area contributed by atoms with Crippen molar-refractivity contribution in [3.63, 3.8) is 0 Å². The molecule has 146 valence electrons. The molecule has 0 aromatic carbocycles. The molecule has 1 aromatic heterocycles. The second kappa shape index (κ2) is 10.4. The Hall–Kier alpha value is -1.82. The highest BCUT2D eigenvalue weighted by Crippen LogP contribution is 2.40. The van der Waals surface area contributed by atoms with E-state index in [2.05, 4.69) is 28.6 Å². The fourth-order valence-corrected chi connectivity index (χ4v) is 3.55. The average Bonchev–Trinajstić information content (AvgIpc) is 3.12. The summed E-state index contributed by atoms with van der Waals surface area (Å²) in [4.78, 5) is 11.1. The lowest BCUT2D eigenvalue weighted by molar-refractivity contribution is 0.138. The topological polar surface area (TPSA) is 61.8 Å². The van der Waals surface area contributed by atoms with Gasteiger partial charge >= 0.3 is 0 Å². The molecule has 1 saturated carbocycles. The van der Waals surface area contributed by atoms with Gasteiger partial charge in [-0.25, -0.2) is 9.98 Å². The van der Waals surface area contributed by atoms with Crippen molar-refractivity contribution in [2.45, 2.75) is 45.6 Å². The molecule has 1 aliphatic carbocycles. The van der Waals surface area contributed by atoms with Gasteiger partial charge in [0.2, 0.25) is 0 Å². The van der Waals surface area contributed by atoms with Crippen LogP contribution in [0.25, 0.3) is 0 Å². The van der Waals surface area contributed by atoms with Gasteiger partial charge in [0.25, 0.3) is 0 Å². The Morgan fingerprint density at radius 3 is 2.73 bits per heavy atom. The van der Waals surface area contributed by atoms with Crippen LogP contribution in [0.1, 0.15) is 44.6 Å². The van der Waals surface area contributed by atoms with Crippen LogP contribution in [0.15, 0.2) is 23.3 Å². The van der Waals surface area contributed by atoms with E-state index in [0.717, 1.165) is 43.5 Å². The van der Waals surface area contributed by atoms with Gasteiger partial charge in [-0.15, -0.1) is 0 Å². The maximum atomic E-state index is 5.34. The fraction of sp³-hybridized carbons (Fsp3) is 0.700. The molecular weight excluding hydrogens is 326 g/mol. The number of pyridine rings is 1. The minimum absolute atomic E-state index is 0.348. The summed E-state index contributed by atoms with van der Waals surface area (Å²) < 4.78 is 5.34. The minimum Gasteiger partial charge on any atom is -0.385 e.